The Balaban J connectivity index is 2.08. The SMILES string of the molecule is CC(Nc1ncc(N)s1)c1ccc(Cl)cc1. The Labute approximate surface area is 103 Å². The van der Waals surface area contributed by atoms with E-state index in [1.165, 1.54) is 11.3 Å². The lowest BCUT2D eigenvalue weighted by Gasteiger charge is -2.12. The van der Waals surface area contributed by atoms with Gasteiger partial charge in [0.25, 0.3) is 0 Å². The van der Waals surface area contributed by atoms with E-state index in [0.29, 0.717) is 5.00 Å². The van der Waals surface area contributed by atoms with Crippen LogP contribution < -0.4 is 11.1 Å². The lowest BCUT2D eigenvalue weighted by Crippen LogP contribution is -2.05. The smallest absolute Gasteiger partial charge is 0.185 e. The number of anilines is 2. The Morgan fingerprint density at radius 3 is 2.62 bits per heavy atom. The molecule has 0 bridgehead atoms. The van der Waals surface area contributed by atoms with Crippen molar-refractivity contribution in [1.82, 2.24) is 4.98 Å². The van der Waals surface area contributed by atoms with E-state index in [0.717, 1.165) is 15.7 Å². The first-order chi connectivity index (χ1) is 7.65. The van der Waals surface area contributed by atoms with E-state index < -0.39 is 0 Å². The van der Waals surface area contributed by atoms with Crippen LogP contribution in [0.15, 0.2) is 30.5 Å². The third-order valence-corrected chi connectivity index (χ3v) is 3.24. The minimum atomic E-state index is 0.183. The molecule has 0 aliphatic heterocycles. The molecule has 1 atom stereocenters. The minimum absolute atomic E-state index is 0.183. The van der Waals surface area contributed by atoms with Gasteiger partial charge in [-0.3, -0.25) is 0 Å². The van der Waals surface area contributed by atoms with Crippen LogP contribution in [0.2, 0.25) is 5.02 Å². The molecule has 1 aromatic carbocycles. The van der Waals surface area contributed by atoms with Crippen LogP contribution in [-0.2, 0) is 0 Å². The molecule has 84 valence electrons. The predicted molar refractivity (Wildman–Crippen MR) is 70.0 cm³/mol. The topological polar surface area (TPSA) is 50.9 Å². The van der Waals surface area contributed by atoms with Gasteiger partial charge < -0.3 is 11.1 Å². The van der Waals surface area contributed by atoms with Crippen LogP contribution in [0.3, 0.4) is 0 Å². The number of nitrogen functional groups attached to an aromatic ring is 1. The molecule has 5 heteroatoms. The van der Waals surface area contributed by atoms with Gasteiger partial charge in [-0.1, -0.05) is 35.1 Å². The third-order valence-electron chi connectivity index (χ3n) is 2.23. The fourth-order valence-corrected chi connectivity index (χ4v) is 2.17. The van der Waals surface area contributed by atoms with Gasteiger partial charge in [-0.2, -0.15) is 0 Å². The molecule has 1 heterocycles. The quantitative estimate of drug-likeness (QED) is 0.880. The number of aromatic nitrogens is 1. The summed E-state index contributed by atoms with van der Waals surface area (Å²) >= 11 is 7.28. The molecule has 0 fully saturated rings. The molecule has 1 aromatic heterocycles. The van der Waals surface area contributed by atoms with Gasteiger partial charge in [-0.05, 0) is 24.6 Å². The van der Waals surface area contributed by atoms with Crippen molar-refractivity contribution < 1.29 is 0 Å². The van der Waals surface area contributed by atoms with Crippen molar-refractivity contribution in [3.63, 3.8) is 0 Å². The van der Waals surface area contributed by atoms with Crippen molar-refractivity contribution >= 4 is 33.1 Å². The first-order valence-corrected chi connectivity index (χ1v) is 6.08. The number of hydrogen-bond donors (Lipinski definition) is 2. The highest BCUT2D eigenvalue weighted by atomic mass is 35.5. The Hall–Kier alpha value is -1.26. The van der Waals surface area contributed by atoms with Crippen LogP contribution in [0.1, 0.15) is 18.5 Å². The summed E-state index contributed by atoms with van der Waals surface area (Å²) in [7, 11) is 0. The molecule has 0 aliphatic rings. The van der Waals surface area contributed by atoms with Crippen molar-refractivity contribution in [3.8, 4) is 0 Å². The number of rotatable bonds is 3. The maximum Gasteiger partial charge on any atom is 0.185 e. The van der Waals surface area contributed by atoms with Crippen LogP contribution in [0.5, 0.6) is 0 Å². The summed E-state index contributed by atoms with van der Waals surface area (Å²) in [5.74, 6) is 0. The number of thiazole rings is 1. The standard InChI is InChI=1S/C11H12ClN3S/c1-7(8-2-4-9(12)5-3-8)15-11-14-6-10(13)16-11/h2-7H,13H2,1H3,(H,14,15). The zero-order chi connectivity index (χ0) is 11.5. The monoisotopic (exact) mass is 253 g/mol. The molecule has 0 saturated carbocycles. The van der Waals surface area contributed by atoms with E-state index >= 15 is 0 Å². The number of nitrogens with zero attached hydrogens (tertiary/aromatic N) is 1. The first-order valence-electron chi connectivity index (χ1n) is 4.88. The summed E-state index contributed by atoms with van der Waals surface area (Å²) < 4.78 is 0. The highest BCUT2D eigenvalue weighted by Crippen LogP contribution is 2.25. The largest absolute Gasteiger partial charge is 0.389 e. The first kappa shape index (κ1) is 11.2. The van der Waals surface area contributed by atoms with E-state index in [1.807, 2.05) is 24.3 Å². The molecule has 0 spiro atoms. The minimum Gasteiger partial charge on any atom is -0.389 e. The second-order valence-electron chi connectivity index (χ2n) is 3.49. The molecule has 0 amide bonds. The average Bonchev–Trinajstić information content (AvgIpc) is 2.65. The molecular formula is C11H12ClN3S. The van der Waals surface area contributed by atoms with Gasteiger partial charge in [-0.15, -0.1) is 0 Å². The second kappa shape index (κ2) is 4.72. The van der Waals surface area contributed by atoms with Crippen LogP contribution in [-0.4, -0.2) is 4.98 Å². The number of benzene rings is 1. The molecular weight excluding hydrogens is 242 g/mol. The zero-order valence-corrected chi connectivity index (χ0v) is 10.3. The van der Waals surface area contributed by atoms with Gasteiger partial charge in [0.15, 0.2) is 5.13 Å². The lowest BCUT2D eigenvalue weighted by atomic mass is 10.1. The van der Waals surface area contributed by atoms with Gasteiger partial charge in [0.05, 0.1) is 12.2 Å². The number of hydrogen-bond acceptors (Lipinski definition) is 4. The fourth-order valence-electron chi connectivity index (χ4n) is 1.37. The van der Waals surface area contributed by atoms with Crippen molar-refractivity contribution in [2.75, 3.05) is 11.1 Å². The van der Waals surface area contributed by atoms with E-state index in [2.05, 4.69) is 17.2 Å². The van der Waals surface area contributed by atoms with E-state index in [9.17, 15) is 0 Å². The zero-order valence-electron chi connectivity index (χ0n) is 8.77. The molecule has 3 N–H and O–H groups in total. The Kier molecular flexibility index (Phi) is 3.31. The summed E-state index contributed by atoms with van der Waals surface area (Å²) in [4.78, 5) is 4.16. The van der Waals surface area contributed by atoms with Crippen LogP contribution >= 0.6 is 22.9 Å². The summed E-state index contributed by atoms with van der Waals surface area (Å²) in [5.41, 5.74) is 6.78. The summed E-state index contributed by atoms with van der Waals surface area (Å²) in [6.07, 6.45) is 1.65. The average molecular weight is 254 g/mol. The van der Waals surface area contributed by atoms with Crippen molar-refractivity contribution in [1.29, 1.82) is 0 Å². The third kappa shape index (κ3) is 2.65. The Bertz CT molecular complexity index is 466. The highest BCUT2D eigenvalue weighted by molar-refractivity contribution is 7.19. The summed E-state index contributed by atoms with van der Waals surface area (Å²) in [5, 5.41) is 5.57. The van der Waals surface area contributed by atoms with Gasteiger partial charge in [0.2, 0.25) is 0 Å². The number of nitrogens with one attached hydrogen (secondary N) is 1. The van der Waals surface area contributed by atoms with Crippen LogP contribution in [0.25, 0.3) is 0 Å². The molecule has 16 heavy (non-hydrogen) atoms. The molecule has 1 unspecified atom stereocenters. The van der Waals surface area contributed by atoms with E-state index in [4.69, 9.17) is 17.3 Å². The fraction of sp³-hybridized carbons (Fsp3) is 0.182. The van der Waals surface area contributed by atoms with Crippen molar-refractivity contribution in [3.05, 3.63) is 41.0 Å². The molecule has 2 aromatic rings. The second-order valence-corrected chi connectivity index (χ2v) is 4.98. The van der Waals surface area contributed by atoms with Gasteiger partial charge in [-0.25, -0.2) is 4.98 Å². The number of nitrogens with two attached hydrogens (primary N) is 1. The molecule has 0 aliphatic carbocycles. The maximum atomic E-state index is 5.83. The van der Waals surface area contributed by atoms with E-state index in [1.54, 1.807) is 6.20 Å². The molecule has 3 nitrogen and oxygen atoms in total. The van der Waals surface area contributed by atoms with Gasteiger partial charge in [0.1, 0.15) is 5.00 Å². The van der Waals surface area contributed by atoms with Crippen molar-refractivity contribution in [2.45, 2.75) is 13.0 Å². The summed E-state index contributed by atoms with van der Waals surface area (Å²) in [6.45, 7) is 2.07. The Morgan fingerprint density at radius 1 is 1.38 bits per heavy atom. The normalized spacial score (nSPS) is 12.4. The maximum absolute atomic E-state index is 5.83. The molecule has 2 rings (SSSR count). The van der Waals surface area contributed by atoms with Gasteiger partial charge >= 0.3 is 0 Å². The number of halogens is 1. The van der Waals surface area contributed by atoms with E-state index in [-0.39, 0.29) is 6.04 Å². The van der Waals surface area contributed by atoms with Crippen LogP contribution in [0, 0.1) is 0 Å². The van der Waals surface area contributed by atoms with Crippen LogP contribution in [0.4, 0.5) is 10.1 Å². The summed E-state index contributed by atoms with van der Waals surface area (Å²) in [6, 6.07) is 7.94. The lowest BCUT2D eigenvalue weighted by molar-refractivity contribution is 0.882. The van der Waals surface area contributed by atoms with Gasteiger partial charge in [0, 0.05) is 5.02 Å². The van der Waals surface area contributed by atoms with Crippen molar-refractivity contribution in [2.24, 2.45) is 0 Å². The molecule has 0 radical (unpaired) electrons. The predicted octanol–water partition coefficient (Wildman–Crippen LogP) is 3.55. The molecule has 0 saturated heterocycles. The Morgan fingerprint density at radius 2 is 2.06 bits per heavy atom. The highest BCUT2D eigenvalue weighted by Gasteiger charge is 2.07.